The van der Waals surface area contributed by atoms with Crippen LogP contribution in [0.5, 0.6) is 5.75 Å². The predicted molar refractivity (Wildman–Crippen MR) is 105 cm³/mol. The van der Waals surface area contributed by atoms with E-state index in [1.807, 2.05) is 0 Å². The van der Waals surface area contributed by atoms with Crippen LogP contribution in [0.15, 0.2) is 47.4 Å². The Morgan fingerprint density at radius 1 is 1.10 bits per heavy atom. The van der Waals surface area contributed by atoms with E-state index in [2.05, 4.69) is 5.32 Å². The molecule has 168 valence electrons. The highest BCUT2D eigenvalue weighted by atomic mass is 32.2. The number of carbonyl (C=O) groups excluding carboxylic acids is 1. The number of ether oxygens (including phenoxy) is 1. The minimum absolute atomic E-state index is 0.0820. The monoisotopic (exact) mass is 460 g/mol. The van der Waals surface area contributed by atoms with Gasteiger partial charge >= 0.3 is 6.18 Å². The van der Waals surface area contributed by atoms with Crippen molar-refractivity contribution in [3.8, 4) is 5.75 Å². The van der Waals surface area contributed by atoms with Gasteiger partial charge in [0, 0.05) is 13.1 Å². The molecule has 0 bridgehead atoms. The molecule has 1 heterocycles. The van der Waals surface area contributed by atoms with Gasteiger partial charge in [-0.3, -0.25) is 4.79 Å². The average Bonchev–Trinajstić information content (AvgIpc) is 3.24. The van der Waals surface area contributed by atoms with E-state index in [-0.39, 0.29) is 21.9 Å². The molecule has 1 fully saturated rings. The van der Waals surface area contributed by atoms with Crippen LogP contribution in [0.4, 0.5) is 23.2 Å². The molecule has 0 aromatic heterocycles. The number of alkyl halides is 3. The molecule has 11 heteroatoms. The van der Waals surface area contributed by atoms with Crippen molar-refractivity contribution >= 4 is 21.6 Å². The van der Waals surface area contributed by atoms with Crippen LogP contribution in [0, 0.1) is 5.82 Å². The van der Waals surface area contributed by atoms with E-state index < -0.39 is 41.0 Å². The number of carbonyl (C=O) groups is 1. The van der Waals surface area contributed by atoms with Gasteiger partial charge in [-0.25, -0.2) is 12.8 Å². The number of amides is 1. The maximum absolute atomic E-state index is 13.8. The van der Waals surface area contributed by atoms with Crippen LogP contribution < -0.4 is 10.1 Å². The molecule has 0 saturated carbocycles. The zero-order chi connectivity index (χ0) is 22.6. The van der Waals surface area contributed by atoms with Crippen molar-refractivity contribution in [1.29, 1.82) is 0 Å². The lowest BCUT2D eigenvalue weighted by Gasteiger charge is -2.18. The lowest BCUT2D eigenvalue weighted by Crippen LogP contribution is -2.28. The summed E-state index contributed by atoms with van der Waals surface area (Å²) >= 11 is 0. The normalized spacial score (nSPS) is 15.1. The summed E-state index contributed by atoms with van der Waals surface area (Å²) in [6.07, 6.45) is -3.61. The van der Waals surface area contributed by atoms with Crippen LogP contribution in [0.2, 0.25) is 0 Å². The van der Waals surface area contributed by atoms with Gasteiger partial charge in [-0.05, 0) is 42.7 Å². The Balaban J connectivity index is 1.88. The van der Waals surface area contributed by atoms with Crippen LogP contribution in [0.3, 0.4) is 0 Å². The number of anilines is 1. The molecule has 0 radical (unpaired) electrons. The standard InChI is InChI=1S/C20H20F4N2O4S/c21-16-6-2-1-5-14(16)11-19(27)25-17-12-15(31(28,29)26-9-3-4-10-26)7-8-18(17)30-13-20(22,23)24/h1-2,5-8,12H,3-4,9-11,13H2,(H,25,27). The Morgan fingerprint density at radius 3 is 2.42 bits per heavy atom. The first-order valence-corrected chi connectivity index (χ1v) is 10.9. The van der Waals surface area contributed by atoms with Crippen molar-refractivity contribution in [3.05, 3.63) is 53.8 Å². The van der Waals surface area contributed by atoms with E-state index in [4.69, 9.17) is 4.74 Å². The molecule has 1 aliphatic rings. The van der Waals surface area contributed by atoms with E-state index in [0.717, 1.165) is 18.2 Å². The fourth-order valence-electron chi connectivity index (χ4n) is 3.14. The second-order valence-electron chi connectivity index (χ2n) is 6.99. The maximum Gasteiger partial charge on any atom is 0.422 e. The number of sulfonamides is 1. The summed E-state index contributed by atoms with van der Waals surface area (Å²) in [7, 11) is -3.88. The van der Waals surface area contributed by atoms with Crippen molar-refractivity contribution in [2.45, 2.75) is 30.3 Å². The topological polar surface area (TPSA) is 75.7 Å². The number of benzene rings is 2. The number of nitrogens with one attached hydrogen (secondary N) is 1. The summed E-state index contributed by atoms with van der Waals surface area (Å²) < 4.78 is 83.1. The first kappa shape index (κ1) is 23.0. The maximum atomic E-state index is 13.8. The Morgan fingerprint density at radius 2 is 1.77 bits per heavy atom. The average molecular weight is 460 g/mol. The third-order valence-corrected chi connectivity index (χ3v) is 6.52. The van der Waals surface area contributed by atoms with Crippen molar-refractivity contribution in [3.63, 3.8) is 0 Å². The molecule has 31 heavy (non-hydrogen) atoms. The van der Waals surface area contributed by atoms with Crippen LogP contribution in [-0.2, 0) is 21.2 Å². The lowest BCUT2D eigenvalue weighted by molar-refractivity contribution is -0.153. The van der Waals surface area contributed by atoms with Gasteiger partial charge in [-0.15, -0.1) is 0 Å². The summed E-state index contributed by atoms with van der Waals surface area (Å²) in [6.45, 7) is -0.950. The second kappa shape index (κ2) is 9.23. The Kier molecular flexibility index (Phi) is 6.85. The van der Waals surface area contributed by atoms with Crippen molar-refractivity contribution in [1.82, 2.24) is 4.31 Å². The van der Waals surface area contributed by atoms with E-state index in [1.165, 1.54) is 28.6 Å². The highest BCUT2D eigenvalue weighted by molar-refractivity contribution is 7.89. The molecular weight excluding hydrogens is 440 g/mol. The van der Waals surface area contributed by atoms with Gasteiger partial charge in [-0.1, -0.05) is 18.2 Å². The molecule has 6 nitrogen and oxygen atoms in total. The van der Waals surface area contributed by atoms with Crippen LogP contribution >= 0.6 is 0 Å². The third kappa shape index (κ3) is 5.95. The van der Waals surface area contributed by atoms with E-state index in [1.54, 1.807) is 0 Å². The third-order valence-electron chi connectivity index (χ3n) is 4.63. The van der Waals surface area contributed by atoms with Crippen LogP contribution in [0.25, 0.3) is 0 Å². The largest absolute Gasteiger partial charge is 0.482 e. The highest BCUT2D eigenvalue weighted by Crippen LogP contribution is 2.31. The molecule has 0 unspecified atom stereocenters. The summed E-state index contributed by atoms with van der Waals surface area (Å²) in [6, 6.07) is 8.80. The molecule has 1 saturated heterocycles. The fraction of sp³-hybridized carbons (Fsp3) is 0.350. The SMILES string of the molecule is O=C(Cc1ccccc1F)Nc1cc(S(=O)(=O)N2CCCC2)ccc1OCC(F)(F)F. The molecule has 2 aromatic rings. The van der Waals surface area contributed by atoms with Crippen LogP contribution in [-0.4, -0.2) is 44.5 Å². The van der Waals surface area contributed by atoms with Crippen molar-refractivity contribution < 1.29 is 35.5 Å². The summed E-state index contributed by atoms with van der Waals surface area (Å²) in [4.78, 5) is 12.2. The second-order valence-corrected chi connectivity index (χ2v) is 8.93. The molecular formula is C20H20F4N2O4S. The molecule has 1 aliphatic heterocycles. The zero-order valence-corrected chi connectivity index (χ0v) is 17.1. The number of rotatable bonds is 7. The molecule has 2 aromatic carbocycles. The van der Waals surface area contributed by atoms with Gasteiger partial charge in [-0.2, -0.15) is 17.5 Å². The molecule has 0 atom stereocenters. The minimum Gasteiger partial charge on any atom is -0.482 e. The van der Waals surface area contributed by atoms with E-state index in [0.29, 0.717) is 25.9 Å². The molecule has 1 amide bonds. The van der Waals surface area contributed by atoms with E-state index in [9.17, 15) is 30.8 Å². The van der Waals surface area contributed by atoms with Gasteiger partial charge in [0.2, 0.25) is 15.9 Å². The molecule has 1 N–H and O–H groups in total. The quantitative estimate of drug-likeness (QED) is 0.639. The Labute approximate surface area is 176 Å². The smallest absolute Gasteiger partial charge is 0.422 e. The predicted octanol–water partition coefficient (Wildman–Crippen LogP) is 3.73. The summed E-state index contributed by atoms with van der Waals surface area (Å²) in [5.74, 6) is -1.70. The van der Waals surface area contributed by atoms with Gasteiger partial charge in [0.15, 0.2) is 6.61 Å². The first-order valence-electron chi connectivity index (χ1n) is 9.43. The Bertz CT molecular complexity index is 1050. The van der Waals surface area contributed by atoms with Crippen LogP contribution in [0.1, 0.15) is 18.4 Å². The van der Waals surface area contributed by atoms with Gasteiger partial charge < -0.3 is 10.1 Å². The summed E-state index contributed by atoms with van der Waals surface area (Å²) in [5.41, 5.74) is -0.163. The number of nitrogens with zero attached hydrogens (tertiary/aromatic N) is 1. The zero-order valence-electron chi connectivity index (χ0n) is 16.3. The van der Waals surface area contributed by atoms with Gasteiger partial charge in [0.05, 0.1) is 17.0 Å². The highest BCUT2D eigenvalue weighted by Gasteiger charge is 2.31. The van der Waals surface area contributed by atoms with Gasteiger partial charge in [0.25, 0.3) is 0 Å². The van der Waals surface area contributed by atoms with Crippen molar-refractivity contribution in [2.75, 3.05) is 25.0 Å². The fourth-order valence-corrected chi connectivity index (χ4v) is 4.68. The molecule has 3 rings (SSSR count). The number of halogens is 4. The minimum atomic E-state index is -4.63. The number of hydrogen-bond acceptors (Lipinski definition) is 4. The molecule has 0 aliphatic carbocycles. The Hall–Kier alpha value is -2.66. The molecule has 0 spiro atoms. The first-order chi connectivity index (χ1) is 14.6. The van der Waals surface area contributed by atoms with Gasteiger partial charge in [0.1, 0.15) is 11.6 Å². The lowest BCUT2D eigenvalue weighted by atomic mass is 10.1. The van der Waals surface area contributed by atoms with Crippen molar-refractivity contribution in [2.24, 2.45) is 0 Å². The number of hydrogen-bond donors (Lipinski definition) is 1. The summed E-state index contributed by atoms with van der Waals surface area (Å²) in [5, 5.41) is 2.34. The van der Waals surface area contributed by atoms with E-state index >= 15 is 0 Å².